The number of hydrogen-bond donors (Lipinski definition) is 1. The molecule has 27 heavy (non-hydrogen) atoms. The van der Waals surface area contributed by atoms with Gasteiger partial charge in [0.15, 0.2) is 0 Å². The van der Waals surface area contributed by atoms with E-state index in [4.69, 9.17) is 21.1 Å². The number of benzene rings is 1. The van der Waals surface area contributed by atoms with Gasteiger partial charge in [0, 0.05) is 0 Å². The van der Waals surface area contributed by atoms with Crippen LogP contribution in [0.2, 0.25) is 5.15 Å². The molecular weight excluding hydrogens is 375 g/mol. The van der Waals surface area contributed by atoms with Gasteiger partial charge in [0.1, 0.15) is 23.3 Å². The van der Waals surface area contributed by atoms with Gasteiger partial charge in [-0.05, 0) is 31.4 Å². The highest BCUT2D eigenvalue weighted by Crippen LogP contribution is 2.46. The molecule has 0 aliphatic heterocycles. The van der Waals surface area contributed by atoms with E-state index in [9.17, 15) is 14.0 Å². The average Bonchev–Trinajstić information content (AvgIpc) is 3.43. The smallest absolute Gasteiger partial charge is 0.408 e. The number of esters is 1. The number of alkyl carbamates (subject to hydrolysis) is 1. The molecular formula is C19H18ClFN2O4. The van der Waals surface area contributed by atoms with Crippen LogP contribution < -0.4 is 5.32 Å². The highest BCUT2D eigenvalue weighted by molar-refractivity contribution is 6.32. The molecule has 0 atom stereocenters. The Bertz CT molecular complexity index is 856. The van der Waals surface area contributed by atoms with Gasteiger partial charge in [0.05, 0.1) is 17.7 Å². The number of amides is 1. The predicted octanol–water partition coefficient (Wildman–Crippen LogP) is 3.97. The molecule has 1 amide bonds. The third kappa shape index (κ3) is 4.36. The minimum absolute atomic E-state index is 0.0165. The first kappa shape index (κ1) is 19.1. The second kappa shape index (κ2) is 7.92. The van der Waals surface area contributed by atoms with Crippen molar-refractivity contribution in [3.63, 3.8) is 0 Å². The number of carbonyl (C=O) groups is 2. The molecule has 1 aliphatic carbocycles. The Morgan fingerprint density at radius 3 is 2.59 bits per heavy atom. The minimum Gasteiger partial charge on any atom is -0.462 e. The molecule has 0 bridgehead atoms. The molecule has 1 aromatic carbocycles. The lowest BCUT2D eigenvalue weighted by Gasteiger charge is -2.18. The van der Waals surface area contributed by atoms with E-state index in [1.54, 1.807) is 6.92 Å². The van der Waals surface area contributed by atoms with Crippen LogP contribution in [0.3, 0.4) is 0 Å². The lowest BCUT2D eigenvalue weighted by Crippen LogP contribution is -2.36. The van der Waals surface area contributed by atoms with Crippen molar-refractivity contribution in [1.29, 1.82) is 0 Å². The van der Waals surface area contributed by atoms with Crippen molar-refractivity contribution in [2.45, 2.75) is 31.9 Å². The first-order valence-corrected chi connectivity index (χ1v) is 8.85. The quantitative estimate of drug-likeness (QED) is 0.594. The molecule has 3 rings (SSSR count). The first-order chi connectivity index (χ1) is 12.9. The number of carbonyl (C=O) groups excluding carboxylic acids is 2. The van der Waals surface area contributed by atoms with Crippen LogP contribution in [0, 0.1) is 5.82 Å². The van der Waals surface area contributed by atoms with E-state index < -0.39 is 23.4 Å². The summed E-state index contributed by atoms with van der Waals surface area (Å²) in [5.41, 5.74) is -0.308. The van der Waals surface area contributed by atoms with Gasteiger partial charge in [-0.3, -0.25) is 0 Å². The maximum Gasteiger partial charge on any atom is 0.408 e. The maximum atomic E-state index is 14.5. The highest BCUT2D eigenvalue weighted by Gasteiger charge is 2.50. The minimum atomic E-state index is -0.977. The van der Waals surface area contributed by atoms with Crippen LogP contribution >= 0.6 is 11.6 Å². The summed E-state index contributed by atoms with van der Waals surface area (Å²) < 4.78 is 24.6. The van der Waals surface area contributed by atoms with E-state index in [0.717, 1.165) is 11.6 Å². The molecule has 1 saturated carbocycles. The molecule has 0 unspecified atom stereocenters. The zero-order valence-corrected chi connectivity index (χ0v) is 15.4. The second-order valence-electron chi connectivity index (χ2n) is 6.15. The van der Waals surface area contributed by atoms with E-state index in [1.807, 2.05) is 30.3 Å². The van der Waals surface area contributed by atoms with Gasteiger partial charge in [-0.25, -0.2) is 19.0 Å². The molecule has 6 nitrogen and oxygen atoms in total. The molecule has 0 spiro atoms. The summed E-state index contributed by atoms with van der Waals surface area (Å²) in [4.78, 5) is 27.9. The standard InChI is InChI=1S/C19H18ClFN2O4/c1-2-26-17(24)13-10-14(21)15(22-16(13)20)19(8-9-19)23-18(25)27-11-12-6-4-3-5-7-12/h3-7,10H,2,8-9,11H2,1H3,(H,23,25). The van der Waals surface area contributed by atoms with Crippen LogP contribution in [0.4, 0.5) is 9.18 Å². The summed E-state index contributed by atoms with van der Waals surface area (Å²) in [5.74, 6) is -1.48. The Hall–Kier alpha value is -2.67. The van der Waals surface area contributed by atoms with Crippen molar-refractivity contribution in [3.05, 3.63) is 64.2 Å². The van der Waals surface area contributed by atoms with Crippen molar-refractivity contribution in [2.24, 2.45) is 0 Å². The van der Waals surface area contributed by atoms with Crippen molar-refractivity contribution in [1.82, 2.24) is 10.3 Å². The van der Waals surface area contributed by atoms with E-state index in [0.29, 0.717) is 12.8 Å². The third-order valence-corrected chi connectivity index (χ3v) is 4.47. The van der Waals surface area contributed by atoms with E-state index in [2.05, 4.69) is 10.3 Å². The molecule has 1 N–H and O–H groups in total. The lowest BCUT2D eigenvalue weighted by molar-refractivity contribution is 0.0525. The fraction of sp³-hybridized carbons (Fsp3) is 0.316. The number of nitrogens with one attached hydrogen (secondary N) is 1. The van der Waals surface area contributed by atoms with Crippen LogP contribution in [0.5, 0.6) is 0 Å². The van der Waals surface area contributed by atoms with Crippen LogP contribution in [0.1, 0.15) is 41.4 Å². The predicted molar refractivity (Wildman–Crippen MR) is 95.8 cm³/mol. The summed E-state index contributed by atoms with van der Waals surface area (Å²) >= 11 is 6.02. The molecule has 0 saturated heterocycles. The Morgan fingerprint density at radius 2 is 1.96 bits per heavy atom. The van der Waals surface area contributed by atoms with E-state index in [-0.39, 0.29) is 29.6 Å². The van der Waals surface area contributed by atoms with Gasteiger partial charge in [-0.1, -0.05) is 41.9 Å². The van der Waals surface area contributed by atoms with Gasteiger partial charge in [0.25, 0.3) is 0 Å². The number of rotatable bonds is 6. The number of halogens is 2. The highest BCUT2D eigenvalue weighted by atomic mass is 35.5. The number of hydrogen-bond acceptors (Lipinski definition) is 5. The van der Waals surface area contributed by atoms with E-state index in [1.165, 1.54) is 0 Å². The Labute approximate surface area is 160 Å². The zero-order chi connectivity index (χ0) is 19.4. The fourth-order valence-electron chi connectivity index (χ4n) is 2.65. The van der Waals surface area contributed by atoms with E-state index >= 15 is 0 Å². The van der Waals surface area contributed by atoms with Crippen molar-refractivity contribution < 1.29 is 23.5 Å². The molecule has 0 radical (unpaired) electrons. The number of nitrogens with zero attached hydrogens (tertiary/aromatic N) is 1. The van der Waals surface area contributed by atoms with Crippen LogP contribution in [0.15, 0.2) is 36.4 Å². The summed E-state index contributed by atoms with van der Waals surface area (Å²) in [6, 6.07) is 10.2. The van der Waals surface area contributed by atoms with Crippen molar-refractivity contribution in [3.8, 4) is 0 Å². The molecule has 142 valence electrons. The largest absolute Gasteiger partial charge is 0.462 e. The molecule has 1 fully saturated rings. The van der Waals surface area contributed by atoms with Gasteiger partial charge in [-0.15, -0.1) is 0 Å². The maximum absolute atomic E-state index is 14.5. The number of pyridine rings is 1. The van der Waals surface area contributed by atoms with Crippen molar-refractivity contribution in [2.75, 3.05) is 6.61 Å². The summed E-state index contributed by atoms with van der Waals surface area (Å²) in [7, 11) is 0. The Kier molecular flexibility index (Phi) is 5.60. The topological polar surface area (TPSA) is 77.5 Å². The Morgan fingerprint density at radius 1 is 1.26 bits per heavy atom. The van der Waals surface area contributed by atoms with Gasteiger partial charge in [-0.2, -0.15) is 0 Å². The van der Waals surface area contributed by atoms with Crippen LogP contribution in [-0.4, -0.2) is 23.7 Å². The van der Waals surface area contributed by atoms with Gasteiger partial charge < -0.3 is 14.8 Å². The number of ether oxygens (including phenoxy) is 2. The monoisotopic (exact) mass is 392 g/mol. The van der Waals surface area contributed by atoms with Crippen molar-refractivity contribution >= 4 is 23.7 Å². The molecule has 1 aromatic heterocycles. The summed E-state index contributed by atoms with van der Waals surface area (Å²) in [5, 5.41) is 2.49. The van der Waals surface area contributed by atoms with Crippen LogP contribution in [-0.2, 0) is 21.6 Å². The fourth-order valence-corrected chi connectivity index (χ4v) is 2.87. The lowest BCUT2D eigenvalue weighted by atomic mass is 10.1. The zero-order valence-electron chi connectivity index (χ0n) is 14.6. The SMILES string of the molecule is CCOC(=O)c1cc(F)c(C2(NC(=O)OCc3ccccc3)CC2)nc1Cl. The molecule has 2 aromatic rings. The number of aromatic nitrogens is 1. The Balaban J connectivity index is 1.71. The van der Waals surface area contributed by atoms with Crippen LogP contribution in [0.25, 0.3) is 0 Å². The second-order valence-corrected chi connectivity index (χ2v) is 6.50. The summed E-state index contributed by atoms with van der Waals surface area (Å²) in [6.45, 7) is 1.87. The van der Waals surface area contributed by atoms with Gasteiger partial charge in [0.2, 0.25) is 0 Å². The molecule has 1 heterocycles. The van der Waals surface area contributed by atoms with Gasteiger partial charge >= 0.3 is 12.1 Å². The molecule has 8 heteroatoms. The normalized spacial score (nSPS) is 14.3. The molecule has 1 aliphatic rings. The average molecular weight is 393 g/mol. The summed E-state index contributed by atoms with van der Waals surface area (Å²) in [6.07, 6.45) is 0.307. The third-order valence-electron chi connectivity index (χ3n) is 4.18. The first-order valence-electron chi connectivity index (χ1n) is 8.47.